The van der Waals surface area contributed by atoms with E-state index in [-0.39, 0.29) is 18.0 Å². The van der Waals surface area contributed by atoms with Crippen LogP contribution in [0.2, 0.25) is 19.6 Å². The number of halogens is 1. The SMILES string of the molecule is CC(=O)C[C@H](O[Si](C)(C)C)c1ccccc1F. The van der Waals surface area contributed by atoms with E-state index in [0.29, 0.717) is 5.56 Å². The fourth-order valence-electron chi connectivity index (χ4n) is 1.64. The van der Waals surface area contributed by atoms with Gasteiger partial charge in [-0.2, -0.15) is 0 Å². The van der Waals surface area contributed by atoms with E-state index in [1.807, 2.05) is 19.6 Å². The van der Waals surface area contributed by atoms with Gasteiger partial charge in [-0.1, -0.05) is 18.2 Å². The first-order valence-electron chi connectivity index (χ1n) is 5.71. The van der Waals surface area contributed by atoms with Crippen molar-refractivity contribution in [3.05, 3.63) is 35.6 Å². The van der Waals surface area contributed by atoms with Crippen molar-refractivity contribution in [2.24, 2.45) is 0 Å². The van der Waals surface area contributed by atoms with Crippen LogP contribution in [0.5, 0.6) is 0 Å². The van der Waals surface area contributed by atoms with Gasteiger partial charge in [0.05, 0.1) is 6.10 Å². The predicted molar refractivity (Wildman–Crippen MR) is 68.9 cm³/mol. The molecule has 0 bridgehead atoms. The Morgan fingerprint density at radius 1 is 1.35 bits per heavy atom. The lowest BCUT2D eigenvalue weighted by Crippen LogP contribution is -2.29. The van der Waals surface area contributed by atoms with Crippen LogP contribution in [0.1, 0.15) is 25.0 Å². The van der Waals surface area contributed by atoms with E-state index in [9.17, 15) is 9.18 Å². The van der Waals surface area contributed by atoms with Gasteiger partial charge in [0.25, 0.3) is 0 Å². The lowest BCUT2D eigenvalue weighted by molar-refractivity contribution is -0.118. The molecule has 1 rings (SSSR count). The van der Waals surface area contributed by atoms with Crippen LogP contribution in [0.25, 0.3) is 0 Å². The first-order chi connectivity index (χ1) is 7.79. The predicted octanol–water partition coefficient (Wildman–Crippen LogP) is 3.70. The third-order valence-electron chi connectivity index (χ3n) is 2.22. The third-order valence-corrected chi connectivity index (χ3v) is 3.21. The number of hydrogen-bond donors (Lipinski definition) is 0. The highest BCUT2D eigenvalue weighted by Gasteiger charge is 2.25. The van der Waals surface area contributed by atoms with Crippen molar-refractivity contribution in [2.45, 2.75) is 39.1 Å². The molecule has 4 heteroatoms. The van der Waals surface area contributed by atoms with Crippen LogP contribution in [0, 0.1) is 5.82 Å². The van der Waals surface area contributed by atoms with Crippen molar-refractivity contribution in [1.82, 2.24) is 0 Å². The molecule has 0 aliphatic heterocycles. The molecule has 0 aliphatic carbocycles. The molecule has 0 amide bonds. The van der Waals surface area contributed by atoms with Gasteiger partial charge >= 0.3 is 0 Å². The summed E-state index contributed by atoms with van der Waals surface area (Å²) in [4.78, 5) is 11.2. The summed E-state index contributed by atoms with van der Waals surface area (Å²) in [5.74, 6) is -0.298. The first kappa shape index (κ1) is 14.1. The molecule has 0 heterocycles. The van der Waals surface area contributed by atoms with Gasteiger partial charge in [-0.25, -0.2) is 4.39 Å². The summed E-state index contributed by atoms with van der Waals surface area (Å²) in [7, 11) is -1.81. The summed E-state index contributed by atoms with van der Waals surface area (Å²) in [5.41, 5.74) is 0.477. The molecule has 2 nitrogen and oxygen atoms in total. The van der Waals surface area contributed by atoms with Gasteiger partial charge < -0.3 is 4.43 Å². The van der Waals surface area contributed by atoms with E-state index in [1.165, 1.54) is 13.0 Å². The van der Waals surface area contributed by atoms with E-state index in [0.717, 1.165) is 0 Å². The zero-order valence-corrected chi connectivity index (χ0v) is 11.8. The Labute approximate surface area is 103 Å². The van der Waals surface area contributed by atoms with E-state index < -0.39 is 14.4 Å². The molecule has 94 valence electrons. The molecule has 0 saturated carbocycles. The standard InChI is InChI=1S/C13H19FO2Si/c1-10(15)9-13(16-17(2,3)4)11-7-5-6-8-12(11)14/h5-8,13H,9H2,1-4H3/t13-/m0/s1. The number of Topliss-reactive ketones (excluding diaryl/α,β-unsaturated/α-hetero) is 1. The van der Waals surface area contributed by atoms with Crippen molar-refractivity contribution >= 4 is 14.1 Å². The Hall–Kier alpha value is -1.00. The van der Waals surface area contributed by atoms with Crippen LogP contribution in [0.15, 0.2) is 24.3 Å². The Morgan fingerprint density at radius 2 is 1.94 bits per heavy atom. The smallest absolute Gasteiger partial charge is 0.184 e. The van der Waals surface area contributed by atoms with Gasteiger partial charge in [0.2, 0.25) is 0 Å². The van der Waals surface area contributed by atoms with Gasteiger partial charge in [0.15, 0.2) is 8.32 Å². The Morgan fingerprint density at radius 3 is 2.41 bits per heavy atom. The monoisotopic (exact) mass is 254 g/mol. The van der Waals surface area contributed by atoms with Gasteiger partial charge in [-0.15, -0.1) is 0 Å². The number of ketones is 1. The fraction of sp³-hybridized carbons (Fsp3) is 0.462. The van der Waals surface area contributed by atoms with Crippen molar-refractivity contribution in [2.75, 3.05) is 0 Å². The summed E-state index contributed by atoms with van der Waals surface area (Å²) < 4.78 is 19.6. The molecule has 0 saturated heterocycles. The van der Waals surface area contributed by atoms with E-state index in [4.69, 9.17) is 4.43 Å². The minimum Gasteiger partial charge on any atom is -0.410 e. The third kappa shape index (κ3) is 4.79. The van der Waals surface area contributed by atoms with Crippen LogP contribution in [-0.4, -0.2) is 14.1 Å². The maximum atomic E-state index is 13.7. The molecular weight excluding hydrogens is 235 g/mol. The molecule has 0 fully saturated rings. The zero-order valence-electron chi connectivity index (χ0n) is 10.8. The summed E-state index contributed by atoms with van der Waals surface area (Å²) >= 11 is 0. The largest absolute Gasteiger partial charge is 0.410 e. The van der Waals surface area contributed by atoms with Crippen molar-refractivity contribution in [3.63, 3.8) is 0 Å². The summed E-state index contributed by atoms with van der Waals surface area (Å²) in [5, 5.41) is 0. The molecule has 0 aromatic heterocycles. The molecule has 17 heavy (non-hydrogen) atoms. The molecule has 0 unspecified atom stereocenters. The van der Waals surface area contributed by atoms with Crippen LogP contribution in [0.3, 0.4) is 0 Å². The molecular formula is C13H19FO2Si. The minimum absolute atomic E-state index is 0.0107. The number of hydrogen-bond acceptors (Lipinski definition) is 2. The van der Waals surface area contributed by atoms with Crippen molar-refractivity contribution in [1.29, 1.82) is 0 Å². The highest BCUT2D eigenvalue weighted by atomic mass is 28.4. The number of rotatable bonds is 5. The molecule has 0 spiro atoms. The Balaban J connectivity index is 2.98. The van der Waals surface area contributed by atoms with E-state index in [1.54, 1.807) is 18.2 Å². The Kier molecular flexibility index (Phi) is 4.59. The summed E-state index contributed by atoms with van der Waals surface area (Å²) in [6.07, 6.45) is -0.231. The number of carbonyl (C=O) groups excluding carboxylic acids is 1. The van der Waals surface area contributed by atoms with Gasteiger partial charge in [-0.05, 0) is 32.6 Å². The molecule has 1 atom stereocenters. The van der Waals surface area contributed by atoms with Gasteiger partial charge in [0, 0.05) is 12.0 Å². The lowest BCUT2D eigenvalue weighted by atomic mass is 10.0. The normalized spacial score (nSPS) is 13.5. The van der Waals surface area contributed by atoms with Crippen LogP contribution < -0.4 is 0 Å². The first-order valence-corrected chi connectivity index (χ1v) is 9.12. The maximum Gasteiger partial charge on any atom is 0.184 e. The zero-order chi connectivity index (χ0) is 13.1. The van der Waals surface area contributed by atoms with E-state index in [2.05, 4.69) is 0 Å². The fourth-order valence-corrected chi connectivity index (χ4v) is 2.70. The van der Waals surface area contributed by atoms with Crippen LogP contribution in [-0.2, 0) is 9.22 Å². The highest BCUT2D eigenvalue weighted by Crippen LogP contribution is 2.27. The van der Waals surface area contributed by atoms with Gasteiger partial charge in [-0.3, -0.25) is 4.79 Å². The average molecular weight is 254 g/mol. The summed E-state index contributed by atoms with van der Waals surface area (Å²) in [6, 6.07) is 6.48. The number of benzene rings is 1. The molecule has 1 aromatic carbocycles. The molecule has 1 aromatic rings. The topological polar surface area (TPSA) is 26.3 Å². The quantitative estimate of drug-likeness (QED) is 0.749. The van der Waals surface area contributed by atoms with Crippen molar-refractivity contribution < 1.29 is 13.6 Å². The average Bonchev–Trinajstić information content (AvgIpc) is 2.14. The minimum atomic E-state index is -1.81. The molecule has 0 aliphatic rings. The Bertz CT molecular complexity index is 399. The highest BCUT2D eigenvalue weighted by molar-refractivity contribution is 6.69. The second-order valence-corrected chi connectivity index (χ2v) is 9.61. The maximum absolute atomic E-state index is 13.7. The van der Waals surface area contributed by atoms with Crippen LogP contribution in [0.4, 0.5) is 4.39 Å². The number of carbonyl (C=O) groups is 1. The van der Waals surface area contributed by atoms with E-state index >= 15 is 0 Å². The molecule has 0 radical (unpaired) electrons. The molecule has 0 N–H and O–H groups in total. The lowest BCUT2D eigenvalue weighted by Gasteiger charge is -2.26. The van der Waals surface area contributed by atoms with Crippen LogP contribution >= 0.6 is 0 Å². The second kappa shape index (κ2) is 5.56. The summed E-state index contributed by atoms with van der Waals surface area (Å²) in [6.45, 7) is 7.59. The van der Waals surface area contributed by atoms with Crippen molar-refractivity contribution in [3.8, 4) is 0 Å². The second-order valence-electron chi connectivity index (χ2n) is 5.15. The van der Waals surface area contributed by atoms with Gasteiger partial charge in [0.1, 0.15) is 11.6 Å².